The summed E-state index contributed by atoms with van der Waals surface area (Å²) in [6.45, 7) is 4.23. The van der Waals surface area contributed by atoms with E-state index >= 15 is 0 Å². The number of halogens is 1. The summed E-state index contributed by atoms with van der Waals surface area (Å²) in [6, 6.07) is 11.2. The summed E-state index contributed by atoms with van der Waals surface area (Å²) < 4.78 is 41.2. The van der Waals surface area contributed by atoms with Gasteiger partial charge in [-0.25, -0.2) is 12.8 Å². The minimum Gasteiger partial charge on any atom is -0.505 e. The maximum Gasteiger partial charge on any atom is 0.243 e. The van der Waals surface area contributed by atoms with Gasteiger partial charge in [-0.05, 0) is 48.4 Å². The predicted octanol–water partition coefficient (Wildman–Crippen LogP) is 2.89. The van der Waals surface area contributed by atoms with Crippen LogP contribution >= 0.6 is 0 Å². The Labute approximate surface area is 169 Å². The van der Waals surface area contributed by atoms with E-state index in [4.69, 9.17) is 0 Å². The number of phenolic OH excluding ortho intramolecular Hbond substituents is 1. The number of piperazine rings is 1. The number of pyridine rings is 1. The largest absolute Gasteiger partial charge is 0.505 e. The number of fused-ring (bicyclic) bond motifs is 1. The van der Waals surface area contributed by atoms with Gasteiger partial charge in [-0.2, -0.15) is 4.31 Å². The first-order valence-corrected chi connectivity index (χ1v) is 10.8. The summed E-state index contributed by atoms with van der Waals surface area (Å²) >= 11 is 0. The molecule has 3 aromatic rings. The number of aromatic nitrogens is 1. The highest BCUT2D eigenvalue weighted by atomic mass is 32.2. The zero-order valence-electron chi connectivity index (χ0n) is 16.0. The van der Waals surface area contributed by atoms with E-state index in [0.29, 0.717) is 49.2 Å². The third-order valence-electron chi connectivity index (χ3n) is 5.29. The van der Waals surface area contributed by atoms with Crippen LogP contribution in [0.25, 0.3) is 10.9 Å². The van der Waals surface area contributed by atoms with Crippen molar-refractivity contribution in [3.63, 3.8) is 0 Å². The van der Waals surface area contributed by atoms with Gasteiger partial charge in [0.05, 0.1) is 4.90 Å². The molecule has 1 saturated heterocycles. The molecule has 0 saturated carbocycles. The van der Waals surface area contributed by atoms with Crippen molar-refractivity contribution in [3.8, 4) is 5.75 Å². The Morgan fingerprint density at radius 1 is 1.10 bits per heavy atom. The number of rotatable bonds is 4. The Bertz CT molecular complexity index is 1140. The van der Waals surface area contributed by atoms with Gasteiger partial charge in [0.25, 0.3) is 0 Å². The van der Waals surface area contributed by atoms with Gasteiger partial charge in [-0.1, -0.05) is 12.1 Å². The van der Waals surface area contributed by atoms with E-state index < -0.39 is 10.0 Å². The van der Waals surface area contributed by atoms with E-state index in [1.54, 1.807) is 31.2 Å². The molecule has 1 fully saturated rings. The summed E-state index contributed by atoms with van der Waals surface area (Å²) in [5.41, 5.74) is 1.76. The fourth-order valence-corrected chi connectivity index (χ4v) is 5.34. The molecule has 2 aromatic carbocycles. The highest BCUT2D eigenvalue weighted by Crippen LogP contribution is 2.33. The Hall–Kier alpha value is -2.55. The van der Waals surface area contributed by atoms with Gasteiger partial charge in [0.1, 0.15) is 17.1 Å². The van der Waals surface area contributed by atoms with Gasteiger partial charge >= 0.3 is 0 Å². The Balaban J connectivity index is 1.55. The number of aromatic hydroxyl groups is 1. The summed E-state index contributed by atoms with van der Waals surface area (Å²) in [5.74, 6) is -0.265. The lowest BCUT2D eigenvalue weighted by Crippen LogP contribution is -2.48. The molecule has 0 aliphatic carbocycles. The Morgan fingerprint density at radius 2 is 1.79 bits per heavy atom. The molecule has 152 valence electrons. The molecule has 0 atom stereocenters. The number of sulfonamides is 1. The van der Waals surface area contributed by atoms with Gasteiger partial charge in [0.15, 0.2) is 0 Å². The Morgan fingerprint density at radius 3 is 2.48 bits per heavy atom. The number of hydrogen-bond acceptors (Lipinski definition) is 5. The summed E-state index contributed by atoms with van der Waals surface area (Å²) in [4.78, 5) is 6.48. The SMILES string of the molecule is Cc1cc(S(=O)(=O)N2CCN(Cc3ccc(F)cc3)CC2)c2cccnc2c1O. The minimum atomic E-state index is -3.72. The molecule has 0 unspecified atom stereocenters. The number of nitrogens with zero attached hydrogens (tertiary/aromatic N) is 3. The number of phenols is 1. The topological polar surface area (TPSA) is 73.7 Å². The first-order valence-electron chi connectivity index (χ1n) is 9.40. The molecule has 0 bridgehead atoms. The van der Waals surface area contributed by atoms with Crippen molar-refractivity contribution in [2.24, 2.45) is 0 Å². The highest BCUT2D eigenvalue weighted by molar-refractivity contribution is 7.89. The van der Waals surface area contributed by atoms with E-state index in [9.17, 15) is 17.9 Å². The number of aryl methyl sites for hydroxylation is 1. The lowest BCUT2D eigenvalue weighted by molar-refractivity contribution is 0.181. The van der Waals surface area contributed by atoms with Crippen molar-refractivity contribution in [2.45, 2.75) is 18.4 Å². The van der Waals surface area contributed by atoms with Crippen molar-refractivity contribution in [2.75, 3.05) is 26.2 Å². The van der Waals surface area contributed by atoms with Gasteiger partial charge in [0.2, 0.25) is 10.0 Å². The van der Waals surface area contributed by atoms with E-state index in [1.165, 1.54) is 28.7 Å². The average molecular weight is 415 g/mol. The molecule has 1 aromatic heterocycles. The van der Waals surface area contributed by atoms with Crippen LogP contribution in [0.4, 0.5) is 4.39 Å². The van der Waals surface area contributed by atoms with Gasteiger partial charge < -0.3 is 5.11 Å². The molecule has 4 rings (SSSR count). The molecular weight excluding hydrogens is 393 g/mol. The van der Waals surface area contributed by atoms with E-state index in [0.717, 1.165) is 5.56 Å². The first kappa shape index (κ1) is 19.8. The second-order valence-corrected chi connectivity index (χ2v) is 9.15. The zero-order valence-corrected chi connectivity index (χ0v) is 16.9. The van der Waals surface area contributed by atoms with E-state index in [1.807, 2.05) is 0 Å². The van der Waals surface area contributed by atoms with Crippen molar-refractivity contribution in [1.82, 2.24) is 14.2 Å². The second-order valence-electron chi connectivity index (χ2n) is 7.25. The molecule has 1 N–H and O–H groups in total. The number of benzene rings is 2. The summed E-state index contributed by atoms with van der Waals surface area (Å²) in [7, 11) is -3.72. The van der Waals surface area contributed by atoms with E-state index in [-0.39, 0.29) is 16.5 Å². The normalized spacial score (nSPS) is 16.3. The molecule has 29 heavy (non-hydrogen) atoms. The first-order chi connectivity index (χ1) is 13.9. The molecule has 6 nitrogen and oxygen atoms in total. The summed E-state index contributed by atoms with van der Waals surface area (Å²) in [5, 5.41) is 10.7. The van der Waals surface area contributed by atoms with Crippen LogP contribution in [0.5, 0.6) is 5.75 Å². The van der Waals surface area contributed by atoms with Crippen molar-refractivity contribution >= 4 is 20.9 Å². The zero-order chi connectivity index (χ0) is 20.6. The highest BCUT2D eigenvalue weighted by Gasteiger charge is 2.30. The standard InChI is InChI=1S/C21H22FN3O3S/c1-15-13-19(18-3-2-8-23-20(18)21(15)26)29(27,28)25-11-9-24(10-12-25)14-16-4-6-17(22)7-5-16/h2-8,13,26H,9-12,14H2,1H3. The Kier molecular flexibility index (Phi) is 5.24. The van der Waals surface area contributed by atoms with Crippen LogP contribution in [-0.4, -0.2) is 53.9 Å². The third kappa shape index (κ3) is 3.83. The van der Waals surface area contributed by atoms with Crippen LogP contribution in [0.1, 0.15) is 11.1 Å². The van der Waals surface area contributed by atoms with Crippen LogP contribution < -0.4 is 0 Å². The molecular formula is C21H22FN3O3S. The fraction of sp³-hybridized carbons (Fsp3) is 0.286. The predicted molar refractivity (Wildman–Crippen MR) is 109 cm³/mol. The van der Waals surface area contributed by atoms with Gasteiger partial charge in [-0.3, -0.25) is 9.88 Å². The number of hydrogen-bond donors (Lipinski definition) is 1. The summed E-state index contributed by atoms with van der Waals surface area (Å²) in [6.07, 6.45) is 1.53. The molecule has 8 heteroatoms. The van der Waals surface area contributed by atoms with Crippen molar-refractivity contribution in [3.05, 3.63) is 65.6 Å². The molecule has 1 aliphatic heterocycles. The minimum absolute atomic E-state index is 0.00340. The van der Waals surface area contributed by atoms with Crippen molar-refractivity contribution in [1.29, 1.82) is 0 Å². The van der Waals surface area contributed by atoms with Crippen LogP contribution in [0.15, 0.2) is 53.6 Å². The van der Waals surface area contributed by atoms with Crippen LogP contribution in [0, 0.1) is 12.7 Å². The van der Waals surface area contributed by atoms with Crippen LogP contribution in [0.2, 0.25) is 0 Å². The maximum absolute atomic E-state index is 13.3. The molecule has 0 spiro atoms. The molecule has 2 heterocycles. The average Bonchev–Trinajstić information content (AvgIpc) is 2.73. The fourth-order valence-electron chi connectivity index (χ4n) is 3.65. The molecule has 0 radical (unpaired) electrons. The monoisotopic (exact) mass is 415 g/mol. The van der Waals surface area contributed by atoms with Gasteiger partial charge in [0, 0.05) is 44.3 Å². The molecule has 0 amide bonds. The maximum atomic E-state index is 13.3. The molecule has 1 aliphatic rings. The second kappa shape index (κ2) is 7.70. The van der Waals surface area contributed by atoms with E-state index in [2.05, 4.69) is 9.88 Å². The lowest BCUT2D eigenvalue weighted by Gasteiger charge is -2.34. The van der Waals surface area contributed by atoms with Gasteiger partial charge in [-0.15, -0.1) is 0 Å². The van der Waals surface area contributed by atoms with Crippen LogP contribution in [0.3, 0.4) is 0 Å². The van der Waals surface area contributed by atoms with Crippen molar-refractivity contribution < 1.29 is 17.9 Å². The third-order valence-corrected chi connectivity index (χ3v) is 7.23. The quantitative estimate of drug-likeness (QED) is 0.709. The lowest BCUT2D eigenvalue weighted by atomic mass is 10.1. The smallest absolute Gasteiger partial charge is 0.243 e. The van der Waals surface area contributed by atoms with Crippen LogP contribution in [-0.2, 0) is 16.6 Å².